The number of aliphatic carboxylic acids is 1. The van der Waals surface area contributed by atoms with Gasteiger partial charge in [-0.25, -0.2) is 17.9 Å². The summed E-state index contributed by atoms with van der Waals surface area (Å²) in [5, 5.41) is 27.7. The van der Waals surface area contributed by atoms with Gasteiger partial charge in [0.25, 0.3) is 5.69 Å². The van der Waals surface area contributed by atoms with Crippen LogP contribution in [0.15, 0.2) is 29.2 Å². The predicted octanol–water partition coefficient (Wildman–Crippen LogP) is -0.681. The van der Waals surface area contributed by atoms with E-state index in [9.17, 15) is 23.3 Å². The Kier molecular flexibility index (Phi) is 4.53. The monoisotopic (exact) mass is 290 g/mol. The van der Waals surface area contributed by atoms with Crippen molar-refractivity contribution in [2.75, 3.05) is 6.54 Å². The minimum atomic E-state index is -4.03. The van der Waals surface area contributed by atoms with Gasteiger partial charge >= 0.3 is 5.97 Å². The fourth-order valence-corrected chi connectivity index (χ4v) is 2.14. The number of sulfonamides is 1. The lowest BCUT2D eigenvalue weighted by atomic mass is 10.3. The molecule has 0 aromatic heterocycles. The number of carboxylic acid groups (broad SMARTS) is 1. The molecule has 9 nitrogen and oxygen atoms in total. The third-order valence-electron chi connectivity index (χ3n) is 2.11. The second-order valence-corrected chi connectivity index (χ2v) is 5.22. The van der Waals surface area contributed by atoms with E-state index in [0.717, 1.165) is 24.3 Å². The van der Waals surface area contributed by atoms with Crippen LogP contribution in [0.25, 0.3) is 0 Å². The van der Waals surface area contributed by atoms with Crippen molar-refractivity contribution in [3.63, 3.8) is 0 Å². The Morgan fingerprint density at radius 2 is 1.89 bits per heavy atom. The van der Waals surface area contributed by atoms with Gasteiger partial charge in [-0.2, -0.15) is 0 Å². The molecule has 0 aliphatic rings. The highest BCUT2D eigenvalue weighted by Gasteiger charge is 2.20. The lowest BCUT2D eigenvalue weighted by molar-refractivity contribution is -0.384. The lowest BCUT2D eigenvalue weighted by Gasteiger charge is -2.08. The summed E-state index contributed by atoms with van der Waals surface area (Å²) in [5.41, 5.74) is -0.274. The number of hydrogen-bond acceptors (Lipinski definition) is 6. The molecule has 0 spiro atoms. The summed E-state index contributed by atoms with van der Waals surface area (Å²) in [4.78, 5) is 19.8. The standard InChI is InChI=1S/C9H10N2O7S/c12-8(9(13)14)5-10-19(17,18)7-3-1-6(2-4-7)11(15)16/h1-4,8,10,12H,5H2,(H,13,14)/t8-/m0/s1. The van der Waals surface area contributed by atoms with Crippen LogP contribution >= 0.6 is 0 Å². The first kappa shape index (κ1) is 15.0. The van der Waals surface area contributed by atoms with E-state index in [1.807, 2.05) is 4.72 Å². The first-order chi connectivity index (χ1) is 8.74. The van der Waals surface area contributed by atoms with Crippen molar-refractivity contribution >= 4 is 21.7 Å². The van der Waals surface area contributed by atoms with Crippen molar-refractivity contribution < 1.29 is 28.3 Å². The Hall–Kier alpha value is -2.04. The Bertz CT molecular complexity index is 581. The summed E-state index contributed by atoms with van der Waals surface area (Å²) < 4.78 is 25.2. The minimum absolute atomic E-state index is 0.268. The molecule has 1 aromatic rings. The highest BCUT2D eigenvalue weighted by atomic mass is 32.2. The molecule has 0 bridgehead atoms. The van der Waals surface area contributed by atoms with Gasteiger partial charge in [-0.1, -0.05) is 0 Å². The molecule has 0 heterocycles. The van der Waals surface area contributed by atoms with Gasteiger partial charge in [-0.15, -0.1) is 0 Å². The first-order valence-corrected chi connectivity index (χ1v) is 6.37. The number of nitrogens with zero attached hydrogens (tertiary/aromatic N) is 1. The van der Waals surface area contributed by atoms with Gasteiger partial charge in [0.1, 0.15) is 0 Å². The van der Waals surface area contributed by atoms with E-state index < -0.39 is 33.6 Å². The van der Waals surface area contributed by atoms with Crippen LogP contribution in [0, 0.1) is 10.1 Å². The summed E-state index contributed by atoms with van der Waals surface area (Å²) in [6, 6.07) is 4.02. The molecular weight excluding hydrogens is 280 g/mol. The molecular formula is C9H10N2O7S. The highest BCUT2D eigenvalue weighted by Crippen LogP contribution is 2.15. The fourth-order valence-electron chi connectivity index (χ4n) is 1.11. The maximum absolute atomic E-state index is 11.7. The van der Waals surface area contributed by atoms with Gasteiger partial charge in [0, 0.05) is 18.7 Å². The number of nitrogens with one attached hydrogen (secondary N) is 1. The smallest absolute Gasteiger partial charge is 0.333 e. The van der Waals surface area contributed by atoms with E-state index in [4.69, 9.17) is 10.2 Å². The number of carboxylic acids is 1. The molecule has 1 atom stereocenters. The molecule has 104 valence electrons. The fraction of sp³-hybridized carbons (Fsp3) is 0.222. The molecule has 0 unspecified atom stereocenters. The van der Waals surface area contributed by atoms with Gasteiger partial charge in [0.15, 0.2) is 6.10 Å². The second-order valence-electron chi connectivity index (χ2n) is 3.46. The van der Waals surface area contributed by atoms with Crippen molar-refractivity contribution in [3.8, 4) is 0 Å². The molecule has 0 radical (unpaired) electrons. The first-order valence-electron chi connectivity index (χ1n) is 4.89. The molecule has 3 N–H and O–H groups in total. The van der Waals surface area contributed by atoms with Gasteiger partial charge in [-0.05, 0) is 12.1 Å². The average Bonchev–Trinajstić information content (AvgIpc) is 2.36. The van der Waals surface area contributed by atoms with E-state index in [1.54, 1.807) is 0 Å². The molecule has 1 aromatic carbocycles. The summed E-state index contributed by atoms with van der Waals surface area (Å²) in [5.74, 6) is -1.56. The zero-order valence-electron chi connectivity index (χ0n) is 9.38. The van der Waals surface area contributed by atoms with Gasteiger partial charge < -0.3 is 10.2 Å². The number of nitro groups is 1. The maximum atomic E-state index is 11.7. The van der Waals surface area contributed by atoms with Crippen LogP contribution in [0.3, 0.4) is 0 Å². The van der Waals surface area contributed by atoms with Crippen molar-refractivity contribution in [2.45, 2.75) is 11.0 Å². The van der Waals surface area contributed by atoms with Crippen LogP contribution in [0.2, 0.25) is 0 Å². The third-order valence-corrected chi connectivity index (χ3v) is 3.55. The van der Waals surface area contributed by atoms with Crippen LogP contribution in [-0.4, -0.2) is 42.2 Å². The van der Waals surface area contributed by atoms with Gasteiger partial charge in [0.2, 0.25) is 10.0 Å². The highest BCUT2D eigenvalue weighted by molar-refractivity contribution is 7.89. The number of non-ortho nitro benzene ring substituents is 1. The minimum Gasteiger partial charge on any atom is -0.479 e. The number of hydrogen-bond donors (Lipinski definition) is 3. The van der Waals surface area contributed by atoms with Crippen LogP contribution in [0.1, 0.15) is 0 Å². The van der Waals surface area contributed by atoms with Crippen molar-refractivity contribution in [1.29, 1.82) is 0 Å². The Balaban J connectivity index is 2.83. The Morgan fingerprint density at radius 1 is 1.37 bits per heavy atom. The maximum Gasteiger partial charge on any atom is 0.333 e. The zero-order valence-corrected chi connectivity index (χ0v) is 10.2. The van der Waals surface area contributed by atoms with Gasteiger partial charge in [-0.3, -0.25) is 10.1 Å². The molecule has 0 aliphatic heterocycles. The molecule has 0 saturated carbocycles. The summed E-state index contributed by atoms with van der Waals surface area (Å²) in [6.45, 7) is -0.700. The van der Waals surface area contributed by atoms with E-state index in [2.05, 4.69) is 0 Å². The van der Waals surface area contributed by atoms with Gasteiger partial charge in [0.05, 0.1) is 9.82 Å². The SMILES string of the molecule is O=C(O)[C@@H](O)CNS(=O)(=O)c1ccc([N+](=O)[O-])cc1. The van der Waals surface area contributed by atoms with Crippen molar-refractivity contribution in [1.82, 2.24) is 4.72 Å². The third kappa shape index (κ3) is 3.98. The van der Waals surface area contributed by atoms with Crippen LogP contribution < -0.4 is 4.72 Å². The molecule has 0 aliphatic carbocycles. The largest absolute Gasteiger partial charge is 0.479 e. The van der Waals surface area contributed by atoms with Crippen LogP contribution in [-0.2, 0) is 14.8 Å². The predicted molar refractivity (Wildman–Crippen MR) is 61.9 cm³/mol. The topological polar surface area (TPSA) is 147 Å². The number of rotatable bonds is 6. The number of benzene rings is 1. The second kappa shape index (κ2) is 5.73. The zero-order chi connectivity index (χ0) is 14.6. The molecule has 1 rings (SSSR count). The number of aliphatic hydroxyl groups excluding tert-OH is 1. The Morgan fingerprint density at radius 3 is 2.32 bits per heavy atom. The van der Waals surface area contributed by atoms with E-state index in [-0.39, 0.29) is 10.6 Å². The van der Waals surface area contributed by atoms with Crippen LogP contribution in [0.5, 0.6) is 0 Å². The van der Waals surface area contributed by atoms with Crippen molar-refractivity contribution in [3.05, 3.63) is 34.4 Å². The average molecular weight is 290 g/mol. The number of aliphatic hydroxyl groups is 1. The summed E-state index contributed by atoms with van der Waals surface area (Å²) in [7, 11) is -4.03. The van der Waals surface area contributed by atoms with E-state index >= 15 is 0 Å². The summed E-state index contributed by atoms with van der Waals surface area (Å²) in [6.07, 6.45) is -1.87. The van der Waals surface area contributed by atoms with E-state index in [1.165, 1.54) is 0 Å². The quantitative estimate of drug-likeness (QED) is 0.464. The number of nitro benzene ring substituents is 1. The molecule has 0 fully saturated rings. The molecule has 19 heavy (non-hydrogen) atoms. The Labute approximate surface area is 107 Å². The van der Waals surface area contributed by atoms with Crippen molar-refractivity contribution in [2.24, 2.45) is 0 Å². The molecule has 0 saturated heterocycles. The molecule has 10 heteroatoms. The van der Waals surface area contributed by atoms with Crippen LogP contribution in [0.4, 0.5) is 5.69 Å². The summed E-state index contributed by atoms with van der Waals surface area (Å²) >= 11 is 0. The van der Waals surface area contributed by atoms with E-state index in [0.29, 0.717) is 0 Å². The number of carbonyl (C=O) groups is 1. The normalized spacial score (nSPS) is 12.9. The molecule has 0 amide bonds. The lowest BCUT2D eigenvalue weighted by Crippen LogP contribution is -2.36.